The fraction of sp³-hybridized carbons (Fsp3) is 0.417. The molecule has 1 saturated heterocycles. The first-order valence-electron chi connectivity index (χ1n) is 11.1. The number of amides is 2. The highest BCUT2D eigenvalue weighted by Crippen LogP contribution is 2.22. The summed E-state index contributed by atoms with van der Waals surface area (Å²) in [5.74, 6) is -0.528. The average molecular weight is 474 g/mol. The van der Waals surface area contributed by atoms with Crippen LogP contribution < -0.4 is 10.0 Å². The molecule has 1 heterocycles. The molecule has 0 aromatic heterocycles. The Labute approximate surface area is 195 Å². The number of piperidine rings is 1. The molecule has 2 aromatic carbocycles. The minimum atomic E-state index is -3.77. The van der Waals surface area contributed by atoms with E-state index < -0.39 is 10.0 Å². The Kier molecular flexibility index (Phi) is 8.46. The number of carbonyl (C=O) groups excluding carboxylic acids is 2. The van der Waals surface area contributed by atoms with E-state index in [1.54, 1.807) is 54.5 Å². The third-order valence-electron chi connectivity index (χ3n) is 5.60. The number of hydrogen-bond donors (Lipinski definition) is 2. The third kappa shape index (κ3) is 6.79. The van der Waals surface area contributed by atoms with Crippen LogP contribution in [0.5, 0.6) is 0 Å². The van der Waals surface area contributed by atoms with Crippen molar-refractivity contribution in [1.82, 2.24) is 10.2 Å². The number of hydrogen-bond acceptors (Lipinski definition) is 5. The molecule has 8 nitrogen and oxygen atoms in total. The minimum absolute atomic E-state index is 0.0526. The van der Waals surface area contributed by atoms with Crippen LogP contribution in [0, 0.1) is 12.8 Å². The molecule has 2 N–H and O–H groups in total. The summed E-state index contributed by atoms with van der Waals surface area (Å²) in [6.45, 7) is 3.91. The first kappa shape index (κ1) is 24.7. The predicted molar refractivity (Wildman–Crippen MR) is 127 cm³/mol. The van der Waals surface area contributed by atoms with Crippen LogP contribution in [-0.4, -0.2) is 58.5 Å². The highest BCUT2D eigenvalue weighted by atomic mass is 32.2. The second-order valence-corrected chi connectivity index (χ2v) is 9.91. The molecule has 9 heteroatoms. The van der Waals surface area contributed by atoms with Crippen molar-refractivity contribution in [1.29, 1.82) is 0 Å². The molecule has 0 aliphatic carbocycles. The van der Waals surface area contributed by atoms with Gasteiger partial charge < -0.3 is 15.0 Å². The molecule has 0 unspecified atom stereocenters. The Morgan fingerprint density at radius 2 is 1.91 bits per heavy atom. The van der Waals surface area contributed by atoms with Crippen molar-refractivity contribution in [3.05, 3.63) is 59.7 Å². The number of anilines is 1. The van der Waals surface area contributed by atoms with E-state index in [2.05, 4.69) is 10.0 Å². The second-order valence-electron chi connectivity index (χ2n) is 8.23. The molecule has 0 spiro atoms. The number of aryl methyl sites for hydroxylation is 1. The number of sulfonamides is 1. The predicted octanol–water partition coefficient (Wildman–Crippen LogP) is 2.80. The lowest BCUT2D eigenvalue weighted by Crippen LogP contribution is -2.45. The number of nitrogens with zero attached hydrogens (tertiary/aromatic N) is 1. The molecule has 0 bridgehead atoms. The molecule has 33 heavy (non-hydrogen) atoms. The summed E-state index contributed by atoms with van der Waals surface area (Å²) < 4.78 is 32.9. The quantitative estimate of drug-likeness (QED) is 0.545. The second kappa shape index (κ2) is 11.3. The molecule has 1 fully saturated rings. The van der Waals surface area contributed by atoms with Gasteiger partial charge in [0.15, 0.2) is 0 Å². The molecule has 2 aromatic rings. The largest absolute Gasteiger partial charge is 0.385 e. The molecule has 178 valence electrons. The lowest BCUT2D eigenvalue weighted by atomic mass is 9.96. The van der Waals surface area contributed by atoms with Crippen LogP contribution in [0.1, 0.15) is 35.2 Å². The van der Waals surface area contributed by atoms with Crippen LogP contribution in [0.4, 0.5) is 5.69 Å². The topological polar surface area (TPSA) is 105 Å². The van der Waals surface area contributed by atoms with Crippen LogP contribution in [0.3, 0.4) is 0 Å². The Balaban J connectivity index is 1.65. The molecule has 1 aliphatic heterocycles. The fourth-order valence-electron chi connectivity index (χ4n) is 3.78. The molecule has 2 amide bonds. The van der Waals surface area contributed by atoms with Crippen molar-refractivity contribution in [3.63, 3.8) is 0 Å². The van der Waals surface area contributed by atoms with E-state index in [4.69, 9.17) is 4.74 Å². The summed E-state index contributed by atoms with van der Waals surface area (Å²) in [5, 5.41) is 2.91. The van der Waals surface area contributed by atoms with Gasteiger partial charge in [-0.05, 0) is 56.5 Å². The normalized spacial score (nSPS) is 16.3. The average Bonchev–Trinajstić information content (AvgIpc) is 2.81. The summed E-state index contributed by atoms with van der Waals surface area (Å²) in [7, 11) is -2.15. The van der Waals surface area contributed by atoms with Gasteiger partial charge in [0.1, 0.15) is 0 Å². The van der Waals surface area contributed by atoms with E-state index in [0.717, 1.165) is 24.8 Å². The van der Waals surface area contributed by atoms with E-state index in [9.17, 15) is 18.0 Å². The van der Waals surface area contributed by atoms with E-state index >= 15 is 0 Å². The zero-order valence-electron chi connectivity index (χ0n) is 19.0. The number of likely N-dealkylation sites (tertiary alicyclic amines) is 1. The van der Waals surface area contributed by atoms with Crippen molar-refractivity contribution in [2.24, 2.45) is 5.92 Å². The maximum Gasteiger partial charge on any atom is 0.261 e. The Morgan fingerprint density at radius 1 is 1.15 bits per heavy atom. The van der Waals surface area contributed by atoms with Crippen LogP contribution in [0.15, 0.2) is 53.4 Å². The van der Waals surface area contributed by atoms with E-state index in [-0.39, 0.29) is 22.6 Å². The smallest absolute Gasteiger partial charge is 0.261 e. The first-order valence-corrected chi connectivity index (χ1v) is 12.5. The number of nitrogens with one attached hydrogen (secondary N) is 2. The van der Waals surface area contributed by atoms with Crippen LogP contribution in [0.2, 0.25) is 0 Å². The standard InChI is InChI=1S/C24H31N3O5S/c1-18-9-11-22(12-10-18)33(30,31)26-21-8-3-6-19(16-21)24(29)27-14-4-7-20(17-27)23(28)25-13-5-15-32-2/h3,6,8-12,16,20,26H,4-5,7,13-15,17H2,1-2H3,(H,25,28)/t20-/m0/s1. The van der Waals surface area contributed by atoms with Gasteiger partial charge in [-0.25, -0.2) is 8.42 Å². The van der Waals surface area contributed by atoms with Crippen molar-refractivity contribution in [2.75, 3.05) is 38.1 Å². The van der Waals surface area contributed by atoms with Crippen molar-refractivity contribution in [3.8, 4) is 0 Å². The summed E-state index contributed by atoms with van der Waals surface area (Å²) >= 11 is 0. The molecule has 3 rings (SSSR count). The van der Waals surface area contributed by atoms with E-state index in [1.807, 2.05) is 6.92 Å². The number of benzene rings is 2. The van der Waals surface area contributed by atoms with Crippen molar-refractivity contribution >= 4 is 27.5 Å². The summed E-state index contributed by atoms with van der Waals surface area (Å²) in [6.07, 6.45) is 2.21. The monoisotopic (exact) mass is 473 g/mol. The number of ether oxygens (including phenoxy) is 1. The zero-order chi connectivity index (χ0) is 23.8. The maximum absolute atomic E-state index is 13.1. The zero-order valence-corrected chi connectivity index (χ0v) is 19.9. The third-order valence-corrected chi connectivity index (χ3v) is 6.99. The summed E-state index contributed by atoms with van der Waals surface area (Å²) in [4.78, 5) is 27.4. The SMILES string of the molecule is COCCCNC(=O)[C@H]1CCCN(C(=O)c2cccc(NS(=O)(=O)c3ccc(C)cc3)c2)C1. The highest BCUT2D eigenvalue weighted by Gasteiger charge is 2.29. The molecule has 1 atom stereocenters. The lowest BCUT2D eigenvalue weighted by molar-refractivity contribution is -0.126. The lowest BCUT2D eigenvalue weighted by Gasteiger charge is -2.32. The Hall–Kier alpha value is -2.91. The van der Waals surface area contributed by atoms with Gasteiger partial charge in [0.25, 0.3) is 15.9 Å². The number of rotatable bonds is 9. The van der Waals surface area contributed by atoms with Crippen LogP contribution in [-0.2, 0) is 19.6 Å². The van der Waals surface area contributed by atoms with Gasteiger partial charge in [-0.1, -0.05) is 23.8 Å². The summed E-state index contributed by atoms with van der Waals surface area (Å²) in [5.41, 5.74) is 1.65. The Morgan fingerprint density at radius 3 is 2.64 bits per heavy atom. The molecule has 0 radical (unpaired) electrons. The van der Waals surface area contributed by atoms with Gasteiger partial charge in [0, 0.05) is 44.6 Å². The summed E-state index contributed by atoms with van der Waals surface area (Å²) in [6, 6.07) is 13.0. The van der Waals surface area contributed by atoms with E-state index in [0.29, 0.717) is 37.5 Å². The van der Waals surface area contributed by atoms with Gasteiger partial charge in [-0.15, -0.1) is 0 Å². The van der Waals surface area contributed by atoms with Crippen LogP contribution in [0.25, 0.3) is 0 Å². The van der Waals surface area contributed by atoms with Crippen molar-refractivity contribution in [2.45, 2.75) is 31.1 Å². The molecule has 0 saturated carbocycles. The maximum atomic E-state index is 13.1. The number of methoxy groups -OCH3 is 1. The van der Waals surface area contributed by atoms with Gasteiger partial charge in [0.05, 0.1) is 10.8 Å². The Bertz CT molecular complexity index is 1070. The van der Waals surface area contributed by atoms with E-state index in [1.165, 1.54) is 6.07 Å². The first-order chi connectivity index (χ1) is 15.8. The number of carbonyl (C=O) groups is 2. The van der Waals surface area contributed by atoms with Gasteiger partial charge in [-0.3, -0.25) is 14.3 Å². The fourth-order valence-corrected chi connectivity index (χ4v) is 4.83. The minimum Gasteiger partial charge on any atom is -0.385 e. The van der Waals surface area contributed by atoms with Crippen LogP contribution >= 0.6 is 0 Å². The highest BCUT2D eigenvalue weighted by molar-refractivity contribution is 7.92. The van der Waals surface area contributed by atoms with Crippen molar-refractivity contribution < 1.29 is 22.7 Å². The molecular formula is C24H31N3O5S. The van der Waals surface area contributed by atoms with Gasteiger partial charge >= 0.3 is 0 Å². The molecule has 1 aliphatic rings. The van der Waals surface area contributed by atoms with Gasteiger partial charge in [-0.2, -0.15) is 0 Å². The molecular weight excluding hydrogens is 442 g/mol. The van der Waals surface area contributed by atoms with Gasteiger partial charge in [0.2, 0.25) is 5.91 Å².